The molecule has 0 radical (unpaired) electrons. The molecular weight excluding hydrogens is 346 g/mol. The van der Waals surface area contributed by atoms with E-state index in [1.807, 2.05) is 36.4 Å². The number of nitrogen functional groups attached to an aromatic ring is 1. The summed E-state index contributed by atoms with van der Waals surface area (Å²) in [5.74, 6) is 0.664. The molecule has 1 aliphatic heterocycles. The summed E-state index contributed by atoms with van der Waals surface area (Å²) in [6, 6.07) is 20.3. The van der Waals surface area contributed by atoms with E-state index in [0.717, 1.165) is 5.69 Å². The zero-order chi connectivity index (χ0) is 18.1. The average Bonchev–Trinajstić information content (AvgIpc) is 3.23. The molecule has 0 bridgehead atoms. The number of thioether (sulfide) groups is 1. The number of H-pyrrole nitrogens is 1. The molecule has 0 atom stereocenters. The first kappa shape index (κ1) is 16.0. The highest BCUT2D eigenvalue weighted by molar-refractivity contribution is 8.04. The van der Waals surface area contributed by atoms with Gasteiger partial charge >= 0.3 is 0 Å². The second kappa shape index (κ2) is 6.43. The second-order valence-electron chi connectivity index (χ2n) is 5.55. The third-order valence-corrected chi connectivity index (χ3v) is 5.13. The van der Waals surface area contributed by atoms with Crippen LogP contribution >= 0.6 is 11.8 Å². The molecule has 1 aromatic heterocycles. The van der Waals surface area contributed by atoms with Gasteiger partial charge in [0.05, 0.1) is 0 Å². The number of nitrogens with two attached hydrogens (primary N) is 1. The van der Waals surface area contributed by atoms with Crippen molar-refractivity contribution < 1.29 is 4.79 Å². The quantitative estimate of drug-likeness (QED) is 0.419. The summed E-state index contributed by atoms with van der Waals surface area (Å²) < 4.78 is 0. The van der Waals surface area contributed by atoms with E-state index >= 15 is 0 Å². The Labute approximate surface area is 153 Å². The molecule has 126 valence electrons. The van der Waals surface area contributed by atoms with E-state index in [4.69, 9.17) is 5.73 Å². The van der Waals surface area contributed by atoms with Crippen LogP contribution in [0.25, 0.3) is 0 Å². The normalized spacial score (nSPS) is 14.7. The van der Waals surface area contributed by atoms with Gasteiger partial charge in [-0.2, -0.15) is 10.4 Å². The maximum absolute atomic E-state index is 12.9. The summed E-state index contributed by atoms with van der Waals surface area (Å²) in [4.78, 5) is 15.4. The lowest BCUT2D eigenvalue weighted by atomic mass is 10.1. The van der Waals surface area contributed by atoms with Crippen molar-refractivity contribution in [2.45, 2.75) is 4.90 Å². The number of aromatic amines is 1. The first-order chi connectivity index (χ1) is 12.7. The van der Waals surface area contributed by atoms with E-state index in [-0.39, 0.29) is 11.4 Å². The maximum atomic E-state index is 12.9. The molecule has 4 rings (SSSR count). The number of hydrogen-bond acceptors (Lipinski definition) is 6. The summed E-state index contributed by atoms with van der Waals surface area (Å²) in [6.07, 6.45) is 0. The minimum atomic E-state index is -0.329. The van der Waals surface area contributed by atoms with Gasteiger partial charge < -0.3 is 5.73 Å². The zero-order valence-electron chi connectivity index (χ0n) is 13.5. The van der Waals surface area contributed by atoms with E-state index in [1.54, 1.807) is 29.2 Å². The largest absolute Gasteiger partial charge is 0.383 e. The van der Waals surface area contributed by atoms with Crippen LogP contribution in [0.1, 0.15) is 10.4 Å². The van der Waals surface area contributed by atoms with Gasteiger partial charge in [0.2, 0.25) is 5.78 Å². The van der Waals surface area contributed by atoms with Crippen LogP contribution in [0.15, 0.2) is 76.2 Å². The lowest BCUT2D eigenvalue weighted by Gasteiger charge is -2.19. The van der Waals surface area contributed by atoms with E-state index in [1.165, 1.54) is 11.8 Å². The Morgan fingerprint density at radius 2 is 1.77 bits per heavy atom. The van der Waals surface area contributed by atoms with Crippen LogP contribution in [0.4, 0.5) is 17.3 Å². The number of nitrogens with zero attached hydrogens (tertiary/aromatic N) is 3. The Bertz CT molecular complexity index is 1050. The third-order valence-electron chi connectivity index (χ3n) is 3.95. The molecule has 0 saturated carbocycles. The van der Waals surface area contributed by atoms with Gasteiger partial charge in [-0.3, -0.25) is 14.8 Å². The minimum Gasteiger partial charge on any atom is -0.383 e. The van der Waals surface area contributed by atoms with Crippen molar-refractivity contribution in [1.29, 1.82) is 5.26 Å². The number of ketones is 1. The number of carbonyl (C=O) groups is 1. The summed E-state index contributed by atoms with van der Waals surface area (Å²) in [5.41, 5.74) is 7.29. The van der Waals surface area contributed by atoms with Crippen molar-refractivity contribution in [3.8, 4) is 6.07 Å². The molecule has 0 aliphatic carbocycles. The molecule has 0 spiro atoms. The third kappa shape index (κ3) is 2.53. The lowest BCUT2D eigenvalue weighted by Crippen LogP contribution is -2.16. The van der Waals surface area contributed by atoms with Crippen molar-refractivity contribution in [2.24, 2.45) is 0 Å². The number of rotatable bonds is 3. The molecule has 0 amide bonds. The van der Waals surface area contributed by atoms with E-state index in [2.05, 4.69) is 16.3 Å². The molecule has 0 saturated heterocycles. The van der Waals surface area contributed by atoms with Gasteiger partial charge in [0.25, 0.3) is 0 Å². The van der Waals surface area contributed by atoms with Gasteiger partial charge in [-0.05, 0) is 12.1 Å². The topological polar surface area (TPSA) is 98.8 Å². The van der Waals surface area contributed by atoms with E-state index in [9.17, 15) is 10.1 Å². The Balaban J connectivity index is 1.89. The van der Waals surface area contributed by atoms with Gasteiger partial charge in [-0.15, -0.1) is 0 Å². The number of carbonyl (C=O) groups excluding carboxylic acids is 1. The van der Waals surface area contributed by atoms with Gasteiger partial charge in [0.15, 0.2) is 5.82 Å². The monoisotopic (exact) mass is 359 g/mol. The number of anilines is 3. The van der Waals surface area contributed by atoms with Gasteiger partial charge in [0, 0.05) is 11.3 Å². The van der Waals surface area contributed by atoms with Crippen LogP contribution in [0, 0.1) is 11.3 Å². The Kier molecular flexibility index (Phi) is 3.95. The van der Waals surface area contributed by atoms with Crippen LogP contribution in [0.5, 0.6) is 0 Å². The summed E-state index contributed by atoms with van der Waals surface area (Å²) in [6.45, 7) is 0. The SMILES string of the molecule is N#C/C(C(=O)c1ccccc1)=C1\Sc2c(n[nH]c2N)N1c1ccccc1. The number of nitriles is 1. The molecule has 0 unspecified atom stereocenters. The molecule has 1 aliphatic rings. The highest BCUT2D eigenvalue weighted by atomic mass is 32.2. The van der Waals surface area contributed by atoms with Crippen LogP contribution < -0.4 is 10.6 Å². The fourth-order valence-electron chi connectivity index (χ4n) is 2.73. The number of hydrogen-bond donors (Lipinski definition) is 2. The number of benzene rings is 2. The highest BCUT2D eigenvalue weighted by Crippen LogP contribution is 2.52. The minimum absolute atomic E-state index is 0.0578. The summed E-state index contributed by atoms with van der Waals surface area (Å²) in [5, 5.41) is 17.3. The molecule has 2 aromatic carbocycles. The number of para-hydroxylation sites is 1. The number of allylic oxidation sites excluding steroid dienone is 1. The second-order valence-corrected chi connectivity index (χ2v) is 6.55. The number of nitrogens with one attached hydrogen (secondary N) is 1. The predicted molar refractivity (Wildman–Crippen MR) is 101 cm³/mol. The molecule has 3 aromatic rings. The molecule has 0 fully saturated rings. The standard InChI is InChI=1S/C19H13N5OS/c20-11-14(15(25)12-7-3-1-4-8-12)19-24(13-9-5-2-6-10-13)18-16(26-19)17(21)22-23-18/h1-10H,(H3,21,22,23)/b19-14+. The molecular formula is C19H13N5OS. The van der Waals surface area contributed by atoms with E-state index < -0.39 is 0 Å². The first-order valence-corrected chi connectivity index (χ1v) is 8.63. The summed E-state index contributed by atoms with van der Waals surface area (Å²) >= 11 is 1.27. The Hall–Kier alpha value is -3.50. The van der Waals surface area contributed by atoms with Crippen molar-refractivity contribution in [2.75, 3.05) is 10.6 Å². The first-order valence-electron chi connectivity index (χ1n) is 7.81. The number of fused-ring (bicyclic) bond motifs is 1. The van der Waals surface area contributed by atoms with Gasteiger partial charge in [0.1, 0.15) is 27.4 Å². The highest BCUT2D eigenvalue weighted by Gasteiger charge is 2.35. The fraction of sp³-hybridized carbons (Fsp3) is 0. The number of Topliss-reactive ketones (excluding diaryl/α,β-unsaturated/α-hetero) is 1. The van der Waals surface area contributed by atoms with Crippen LogP contribution in [-0.2, 0) is 0 Å². The molecule has 3 N–H and O–H groups in total. The Morgan fingerprint density at radius 3 is 2.42 bits per heavy atom. The molecule has 26 heavy (non-hydrogen) atoms. The van der Waals surface area contributed by atoms with Crippen LogP contribution in [0.3, 0.4) is 0 Å². The lowest BCUT2D eigenvalue weighted by molar-refractivity contribution is 0.103. The van der Waals surface area contributed by atoms with Crippen molar-refractivity contribution in [3.63, 3.8) is 0 Å². The van der Waals surface area contributed by atoms with Crippen molar-refractivity contribution >= 4 is 34.9 Å². The zero-order valence-corrected chi connectivity index (χ0v) is 14.3. The fourth-order valence-corrected chi connectivity index (χ4v) is 3.84. The van der Waals surface area contributed by atoms with Crippen molar-refractivity contribution in [3.05, 3.63) is 76.8 Å². The van der Waals surface area contributed by atoms with Gasteiger partial charge in [-0.1, -0.05) is 60.3 Å². The Morgan fingerprint density at radius 1 is 1.12 bits per heavy atom. The predicted octanol–water partition coefficient (Wildman–Crippen LogP) is 3.85. The number of aromatic nitrogens is 2. The molecule has 7 heteroatoms. The van der Waals surface area contributed by atoms with Crippen LogP contribution in [-0.4, -0.2) is 16.0 Å². The smallest absolute Gasteiger partial charge is 0.206 e. The maximum Gasteiger partial charge on any atom is 0.206 e. The van der Waals surface area contributed by atoms with Crippen LogP contribution in [0.2, 0.25) is 0 Å². The van der Waals surface area contributed by atoms with Gasteiger partial charge in [-0.25, -0.2) is 0 Å². The van der Waals surface area contributed by atoms with Crippen molar-refractivity contribution in [1.82, 2.24) is 10.2 Å². The van der Waals surface area contributed by atoms with E-state index in [0.29, 0.717) is 27.1 Å². The molecule has 6 nitrogen and oxygen atoms in total. The summed E-state index contributed by atoms with van der Waals surface area (Å²) in [7, 11) is 0. The average molecular weight is 359 g/mol. The molecule has 2 heterocycles.